The van der Waals surface area contributed by atoms with E-state index in [1.165, 1.54) is 24.3 Å². The number of pyridine rings is 1. The number of fused-ring (bicyclic) bond motifs is 1. The molecule has 0 N–H and O–H groups in total. The zero-order valence-electron chi connectivity index (χ0n) is 9.99. The zero-order valence-corrected chi connectivity index (χ0v) is 9.99. The summed E-state index contributed by atoms with van der Waals surface area (Å²) in [5, 5.41) is 0.457. The van der Waals surface area contributed by atoms with Crippen molar-refractivity contribution in [3.63, 3.8) is 0 Å². The Morgan fingerprint density at radius 1 is 1.26 bits per heavy atom. The van der Waals surface area contributed by atoms with Crippen molar-refractivity contribution < 1.29 is 22.7 Å². The van der Waals surface area contributed by atoms with E-state index in [1.807, 2.05) is 0 Å². The third-order valence-corrected chi connectivity index (χ3v) is 2.49. The maximum absolute atomic E-state index is 12.5. The normalized spacial score (nSPS) is 11.6. The molecule has 0 unspecified atom stereocenters. The number of carbonyl (C=O) groups is 1. The van der Waals surface area contributed by atoms with E-state index in [4.69, 9.17) is 4.74 Å². The molecule has 0 radical (unpaired) electrons. The minimum Gasteiger partial charge on any atom is -0.462 e. The zero-order chi connectivity index (χ0) is 14.0. The number of benzene rings is 1. The third-order valence-electron chi connectivity index (χ3n) is 2.49. The molecular weight excluding hydrogens is 259 g/mol. The molecule has 0 aliphatic heterocycles. The highest BCUT2D eigenvalue weighted by Gasteiger charge is 2.32. The second kappa shape index (κ2) is 4.87. The van der Waals surface area contributed by atoms with Crippen molar-refractivity contribution in [1.29, 1.82) is 0 Å². The molecule has 0 bridgehead atoms. The molecule has 100 valence electrons. The quantitative estimate of drug-likeness (QED) is 0.784. The number of aromatic nitrogens is 1. The number of esters is 1. The number of hydrogen-bond acceptors (Lipinski definition) is 3. The number of rotatable bonds is 2. The number of alkyl halides is 3. The van der Waals surface area contributed by atoms with Crippen molar-refractivity contribution in [3.8, 4) is 0 Å². The molecular formula is C13H10F3NO2. The van der Waals surface area contributed by atoms with Crippen LogP contribution in [0.4, 0.5) is 13.2 Å². The summed E-state index contributed by atoms with van der Waals surface area (Å²) in [7, 11) is 0. The van der Waals surface area contributed by atoms with Gasteiger partial charge in [0.2, 0.25) is 0 Å². The maximum Gasteiger partial charge on any atom is 0.433 e. The molecule has 3 nitrogen and oxygen atoms in total. The van der Waals surface area contributed by atoms with Crippen molar-refractivity contribution >= 4 is 16.9 Å². The fraction of sp³-hybridized carbons (Fsp3) is 0.231. The van der Waals surface area contributed by atoms with E-state index in [9.17, 15) is 18.0 Å². The van der Waals surface area contributed by atoms with E-state index in [1.54, 1.807) is 6.92 Å². The number of nitrogens with zero attached hydrogens (tertiary/aromatic N) is 1. The Morgan fingerprint density at radius 2 is 2.00 bits per heavy atom. The highest BCUT2D eigenvalue weighted by atomic mass is 19.4. The summed E-state index contributed by atoms with van der Waals surface area (Å²) in [5.41, 5.74) is -0.484. The van der Waals surface area contributed by atoms with E-state index in [-0.39, 0.29) is 17.7 Å². The SMILES string of the molecule is CCOC(=O)c1ccc2nc(C(F)(F)F)ccc2c1. The first kappa shape index (κ1) is 13.3. The van der Waals surface area contributed by atoms with Crippen LogP contribution in [-0.2, 0) is 10.9 Å². The minimum atomic E-state index is -4.48. The van der Waals surface area contributed by atoms with Gasteiger partial charge in [0.05, 0.1) is 17.7 Å². The molecule has 2 rings (SSSR count). The minimum absolute atomic E-state index is 0.183. The van der Waals surface area contributed by atoms with Gasteiger partial charge in [-0.05, 0) is 31.2 Å². The largest absolute Gasteiger partial charge is 0.462 e. The molecule has 0 saturated heterocycles. The Labute approximate surface area is 107 Å². The Hall–Kier alpha value is -2.11. The Balaban J connectivity index is 2.43. The summed E-state index contributed by atoms with van der Waals surface area (Å²) in [4.78, 5) is 15.0. The first-order valence-corrected chi connectivity index (χ1v) is 5.57. The van der Waals surface area contributed by atoms with Crippen LogP contribution in [0.25, 0.3) is 10.9 Å². The molecule has 2 aromatic rings. The van der Waals surface area contributed by atoms with Crippen LogP contribution in [-0.4, -0.2) is 17.6 Å². The van der Waals surface area contributed by atoms with Crippen LogP contribution < -0.4 is 0 Å². The van der Waals surface area contributed by atoms with Gasteiger partial charge < -0.3 is 4.74 Å². The highest BCUT2D eigenvalue weighted by molar-refractivity contribution is 5.94. The monoisotopic (exact) mass is 269 g/mol. The second-order valence-electron chi connectivity index (χ2n) is 3.82. The Bertz CT molecular complexity index is 623. The van der Waals surface area contributed by atoms with Gasteiger partial charge >= 0.3 is 12.1 Å². The average Bonchev–Trinajstić information content (AvgIpc) is 2.36. The van der Waals surface area contributed by atoms with Crippen molar-refractivity contribution in [3.05, 3.63) is 41.6 Å². The molecule has 19 heavy (non-hydrogen) atoms. The maximum atomic E-state index is 12.5. The lowest BCUT2D eigenvalue weighted by molar-refractivity contribution is -0.140. The molecule has 6 heteroatoms. The molecule has 1 heterocycles. The van der Waals surface area contributed by atoms with Crippen LogP contribution in [0, 0.1) is 0 Å². The first-order chi connectivity index (χ1) is 8.91. The van der Waals surface area contributed by atoms with Crippen molar-refractivity contribution in [2.75, 3.05) is 6.61 Å². The summed E-state index contributed by atoms with van der Waals surface area (Å²) < 4.78 is 42.3. The molecule has 1 aromatic heterocycles. The fourth-order valence-corrected chi connectivity index (χ4v) is 1.62. The number of ether oxygens (including phenoxy) is 1. The smallest absolute Gasteiger partial charge is 0.433 e. The second-order valence-corrected chi connectivity index (χ2v) is 3.82. The van der Waals surface area contributed by atoms with Crippen molar-refractivity contribution in [1.82, 2.24) is 4.98 Å². The molecule has 0 aliphatic carbocycles. The molecule has 0 saturated carbocycles. The number of carbonyl (C=O) groups excluding carboxylic acids is 1. The highest BCUT2D eigenvalue weighted by Crippen LogP contribution is 2.29. The standard InChI is InChI=1S/C13H10F3NO2/c1-2-19-12(18)9-3-5-10-8(7-9)4-6-11(17-10)13(14,15)16/h3-7H,2H2,1H3. The molecule has 0 spiro atoms. The Kier molecular flexibility index (Phi) is 3.42. The molecule has 0 amide bonds. The average molecular weight is 269 g/mol. The third kappa shape index (κ3) is 2.83. The van der Waals surface area contributed by atoms with E-state index >= 15 is 0 Å². The van der Waals surface area contributed by atoms with Gasteiger partial charge in [0.15, 0.2) is 0 Å². The molecule has 0 atom stereocenters. The van der Waals surface area contributed by atoms with Crippen LogP contribution in [0.2, 0.25) is 0 Å². The summed E-state index contributed by atoms with van der Waals surface area (Å²) in [6.07, 6.45) is -4.48. The van der Waals surface area contributed by atoms with Crippen molar-refractivity contribution in [2.45, 2.75) is 13.1 Å². The van der Waals surface area contributed by atoms with Gasteiger partial charge in [0, 0.05) is 5.39 Å². The molecule has 1 aromatic carbocycles. The molecule has 0 aliphatic rings. The topological polar surface area (TPSA) is 39.2 Å². The summed E-state index contributed by atoms with van der Waals surface area (Å²) in [6, 6.07) is 6.40. The predicted octanol–water partition coefficient (Wildman–Crippen LogP) is 3.43. The first-order valence-electron chi connectivity index (χ1n) is 5.57. The van der Waals surface area contributed by atoms with E-state index < -0.39 is 17.8 Å². The number of halogens is 3. The van der Waals surface area contributed by atoms with E-state index in [0.717, 1.165) is 6.07 Å². The van der Waals surface area contributed by atoms with Crippen LogP contribution in [0.15, 0.2) is 30.3 Å². The summed E-state index contributed by atoms with van der Waals surface area (Å²) in [6.45, 7) is 1.91. The van der Waals surface area contributed by atoms with Gasteiger partial charge in [-0.25, -0.2) is 9.78 Å². The van der Waals surface area contributed by atoms with Crippen molar-refractivity contribution in [2.24, 2.45) is 0 Å². The van der Waals surface area contributed by atoms with Crippen LogP contribution in [0.1, 0.15) is 23.0 Å². The predicted molar refractivity (Wildman–Crippen MR) is 62.7 cm³/mol. The lowest BCUT2D eigenvalue weighted by Gasteiger charge is -2.07. The lowest BCUT2D eigenvalue weighted by atomic mass is 10.1. The Morgan fingerprint density at radius 3 is 2.63 bits per heavy atom. The fourth-order valence-electron chi connectivity index (χ4n) is 1.62. The van der Waals surface area contributed by atoms with Gasteiger partial charge in [-0.2, -0.15) is 13.2 Å². The van der Waals surface area contributed by atoms with Gasteiger partial charge in [-0.3, -0.25) is 0 Å². The summed E-state index contributed by atoms with van der Waals surface area (Å²) >= 11 is 0. The van der Waals surface area contributed by atoms with E-state index in [0.29, 0.717) is 5.39 Å². The summed E-state index contributed by atoms with van der Waals surface area (Å²) in [5.74, 6) is -0.510. The lowest BCUT2D eigenvalue weighted by Crippen LogP contribution is -2.08. The van der Waals surface area contributed by atoms with Gasteiger partial charge in [-0.1, -0.05) is 6.07 Å². The van der Waals surface area contributed by atoms with Gasteiger partial charge in [0.1, 0.15) is 5.69 Å². The van der Waals surface area contributed by atoms with Crippen LogP contribution in [0.3, 0.4) is 0 Å². The molecule has 0 fully saturated rings. The number of hydrogen-bond donors (Lipinski definition) is 0. The van der Waals surface area contributed by atoms with Crippen LogP contribution >= 0.6 is 0 Å². The van der Waals surface area contributed by atoms with Gasteiger partial charge in [-0.15, -0.1) is 0 Å². The van der Waals surface area contributed by atoms with E-state index in [2.05, 4.69) is 4.98 Å². The van der Waals surface area contributed by atoms with Gasteiger partial charge in [0.25, 0.3) is 0 Å². The van der Waals surface area contributed by atoms with Crippen LogP contribution in [0.5, 0.6) is 0 Å².